The molecular formula is C14H11Cl2LiN2O-2. The van der Waals surface area contributed by atoms with Gasteiger partial charge in [-0.05, 0) is 11.6 Å². The fraction of sp³-hybridized carbons (Fsp3) is 0.0714. The van der Waals surface area contributed by atoms with Crippen LogP contribution in [0.25, 0.3) is 0 Å². The van der Waals surface area contributed by atoms with Crippen molar-refractivity contribution in [3.05, 3.63) is 71.4 Å². The molecule has 0 N–H and O–H groups in total. The predicted molar refractivity (Wildman–Crippen MR) is 76.8 cm³/mol. The molecular weight excluding hydrogens is 290 g/mol. The van der Waals surface area contributed by atoms with E-state index in [1.807, 2.05) is 30.3 Å². The second-order valence-corrected chi connectivity index (χ2v) is 4.21. The van der Waals surface area contributed by atoms with E-state index in [2.05, 4.69) is 23.8 Å². The quantitative estimate of drug-likeness (QED) is 0.351. The van der Waals surface area contributed by atoms with Crippen LogP contribution in [0.4, 0.5) is 0 Å². The van der Waals surface area contributed by atoms with Crippen molar-refractivity contribution in [1.29, 1.82) is 0 Å². The van der Waals surface area contributed by atoms with Crippen LogP contribution in [0.5, 0.6) is 0 Å². The second kappa shape index (κ2) is 9.74. The van der Waals surface area contributed by atoms with Gasteiger partial charge in [0.2, 0.25) is 5.28 Å². The molecule has 2 aromatic rings. The first-order valence-corrected chi connectivity index (χ1v) is 6.06. The fourth-order valence-electron chi connectivity index (χ4n) is 1.20. The van der Waals surface area contributed by atoms with E-state index in [0.717, 1.165) is 5.56 Å². The molecule has 0 saturated carbocycles. The molecule has 100 valence electrons. The third-order valence-electron chi connectivity index (χ3n) is 2.11. The average molecular weight is 301 g/mol. The maximum Gasteiger partial charge on any atom is 1.00 e. The summed E-state index contributed by atoms with van der Waals surface area (Å²) in [5, 5.41) is 0.183. The molecule has 0 saturated heterocycles. The van der Waals surface area contributed by atoms with Crippen LogP contribution in [0.1, 0.15) is 16.8 Å². The van der Waals surface area contributed by atoms with E-state index in [1.54, 1.807) is 6.29 Å². The van der Waals surface area contributed by atoms with Gasteiger partial charge in [-0.25, -0.2) is 11.9 Å². The summed E-state index contributed by atoms with van der Waals surface area (Å²) in [6, 6.07) is 9.87. The summed E-state index contributed by atoms with van der Waals surface area (Å²) in [6.45, 7) is 7.28. The summed E-state index contributed by atoms with van der Waals surface area (Å²) >= 11 is 11.1. The molecule has 3 nitrogen and oxygen atoms in total. The molecule has 6 heteroatoms. The third kappa shape index (κ3) is 6.36. The van der Waals surface area contributed by atoms with Crippen LogP contribution in [0, 0.1) is 13.8 Å². The Morgan fingerprint density at radius 3 is 2.10 bits per heavy atom. The summed E-state index contributed by atoms with van der Waals surface area (Å²) in [7, 11) is 0. The molecule has 0 fully saturated rings. The van der Waals surface area contributed by atoms with Crippen molar-refractivity contribution >= 4 is 29.5 Å². The molecule has 0 atom stereocenters. The average Bonchev–Trinajstić information content (AvgIpc) is 2.35. The topological polar surface area (TPSA) is 42.9 Å². The Morgan fingerprint density at radius 1 is 1.10 bits per heavy atom. The van der Waals surface area contributed by atoms with Gasteiger partial charge in [0.25, 0.3) is 0 Å². The number of hydrogen-bond acceptors (Lipinski definition) is 3. The van der Waals surface area contributed by atoms with Gasteiger partial charge in [-0.15, -0.1) is 12.1 Å². The SMILES string of the molecule is [CH2-]c1ccccc1.[CH2-]c1nc(Cl)nc(Cl)c1C[C-]=O.[Li+]. The molecule has 2 rings (SSSR count). The Kier molecular flexibility index (Phi) is 9.20. The molecule has 0 spiro atoms. The zero-order valence-electron chi connectivity index (χ0n) is 11.1. The Labute approximate surface area is 140 Å². The van der Waals surface area contributed by atoms with Crippen molar-refractivity contribution in [2.45, 2.75) is 6.42 Å². The molecule has 1 aromatic heterocycles. The van der Waals surface area contributed by atoms with E-state index in [9.17, 15) is 4.79 Å². The van der Waals surface area contributed by atoms with E-state index in [4.69, 9.17) is 23.2 Å². The van der Waals surface area contributed by atoms with Gasteiger partial charge in [0.15, 0.2) is 0 Å². The largest absolute Gasteiger partial charge is 1.00 e. The molecule has 1 aromatic carbocycles. The first kappa shape index (κ1) is 18.9. The molecule has 0 aliphatic rings. The van der Waals surface area contributed by atoms with Crippen molar-refractivity contribution in [1.82, 2.24) is 9.97 Å². The molecule has 0 bridgehead atoms. The number of aromatic nitrogens is 2. The van der Waals surface area contributed by atoms with Crippen LogP contribution >= 0.6 is 23.2 Å². The second-order valence-electron chi connectivity index (χ2n) is 3.52. The monoisotopic (exact) mass is 300 g/mol. The van der Waals surface area contributed by atoms with E-state index < -0.39 is 0 Å². The third-order valence-corrected chi connectivity index (χ3v) is 2.59. The van der Waals surface area contributed by atoms with E-state index >= 15 is 0 Å². The Bertz CT molecular complexity index is 527. The molecule has 1 heterocycles. The molecule has 0 aliphatic carbocycles. The van der Waals surface area contributed by atoms with E-state index in [0.29, 0.717) is 11.3 Å². The van der Waals surface area contributed by atoms with Crippen LogP contribution in [0.3, 0.4) is 0 Å². The van der Waals surface area contributed by atoms with Crippen molar-refractivity contribution in [2.75, 3.05) is 0 Å². The van der Waals surface area contributed by atoms with Gasteiger partial charge in [0.05, 0.1) is 5.15 Å². The maximum absolute atomic E-state index is 10.1. The maximum atomic E-state index is 10.1. The summed E-state index contributed by atoms with van der Waals surface area (Å²) in [6.07, 6.45) is 1.72. The van der Waals surface area contributed by atoms with Gasteiger partial charge in [-0.3, -0.25) is 11.3 Å². The van der Waals surface area contributed by atoms with Crippen LogP contribution in [0.2, 0.25) is 10.4 Å². The van der Waals surface area contributed by atoms with Crippen molar-refractivity contribution in [2.24, 2.45) is 0 Å². The van der Waals surface area contributed by atoms with Crippen molar-refractivity contribution < 1.29 is 23.7 Å². The first-order valence-electron chi connectivity index (χ1n) is 5.30. The van der Waals surface area contributed by atoms with Gasteiger partial charge in [0, 0.05) is 0 Å². The minimum absolute atomic E-state index is 0. The van der Waals surface area contributed by atoms with Crippen LogP contribution in [-0.4, -0.2) is 16.3 Å². The van der Waals surface area contributed by atoms with Crippen molar-refractivity contribution in [3.8, 4) is 0 Å². The van der Waals surface area contributed by atoms with E-state index in [-0.39, 0.29) is 35.7 Å². The number of nitrogens with zero attached hydrogens (tertiary/aromatic N) is 2. The number of carbonyl (C=O) groups excluding carboxylic acids is 1. The Hall–Kier alpha value is -1.11. The molecule has 0 amide bonds. The molecule has 20 heavy (non-hydrogen) atoms. The number of hydrogen-bond donors (Lipinski definition) is 0. The first-order chi connectivity index (χ1) is 9.04. The molecule has 0 unspecified atom stereocenters. The van der Waals surface area contributed by atoms with Crippen LogP contribution in [-0.2, 0) is 11.2 Å². The number of halogens is 2. The van der Waals surface area contributed by atoms with Gasteiger partial charge < -0.3 is 4.79 Å². The zero-order chi connectivity index (χ0) is 14.3. The predicted octanol–water partition coefficient (Wildman–Crippen LogP) is 0.491. The Balaban J connectivity index is 0.000000387. The fourth-order valence-corrected chi connectivity index (χ4v) is 1.68. The summed E-state index contributed by atoms with van der Waals surface area (Å²) in [5.74, 6) is 0. The number of benzene rings is 1. The zero-order valence-corrected chi connectivity index (χ0v) is 12.6. The minimum atomic E-state index is 0. The summed E-state index contributed by atoms with van der Waals surface area (Å²) in [4.78, 5) is 17.5. The van der Waals surface area contributed by atoms with Gasteiger partial charge in [-0.1, -0.05) is 23.4 Å². The summed E-state index contributed by atoms with van der Waals surface area (Å²) < 4.78 is 0. The van der Waals surface area contributed by atoms with Crippen LogP contribution < -0.4 is 18.9 Å². The Morgan fingerprint density at radius 2 is 1.70 bits per heavy atom. The van der Waals surface area contributed by atoms with Gasteiger partial charge >= 0.3 is 18.9 Å². The summed E-state index contributed by atoms with van der Waals surface area (Å²) in [5.41, 5.74) is 1.90. The van der Waals surface area contributed by atoms with Crippen LogP contribution in [0.15, 0.2) is 30.3 Å². The normalized spacial score (nSPS) is 8.90. The van der Waals surface area contributed by atoms with Gasteiger partial charge in [0.1, 0.15) is 0 Å². The molecule has 0 radical (unpaired) electrons. The van der Waals surface area contributed by atoms with Crippen molar-refractivity contribution in [3.63, 3.8) is 0 Å². The molecule has 0 aliphatic heterocycles. The standard InChI is InChI=1S/C7H4Cl2N2O.C7H7.Li/c1-4-5(2-3-12)6(8)11-7(9)10-4;1-7-5-3-2-4-6-7;/h1-2H2;2-6H,1H2;/q-2;-1;+1. The minimum Gasteiger partial charge on any atom is -0.543 e. The van der Waals surface area contributed by atoms with E-state index in [1.165, 1.54) is 0 Å². The van der Waals surface area contributed by atoms with Gasteiger partial charge in [-0.2, -0.15) is 36.6 Å². The number of rotatable bonds is 2. The smallest absolute Gasteiger partial charge is 0.543 e.